The maximum absolute atomic E-state index is 13.9. The normalized spacial score (nSPS) is 21.8. The summed E-state index contributed by atoms with van der Waals surface area (Å²) in [6.07, 6.45) is 7.10. The Balaban J connectivity index is 1.49. The van der Waals surface area contributed by atoms with E-state index in [0.717, 1.165) is 66.1 Å². The highest BCUT2D eigenvalue weighted by atomic mass is 16.5. The van der Waals surface area contributed by atoms with Crippen molar-refractivity contribution in [1.29, 1.82) is 0 Å². The number of esters is 1. The first-order chi connectivity index (χ1) is 19.0. The predicted molar refractivity (Wildman–Crippen MR) is 151 cm³/mol. The lowest BCUT2D eigenvalue weighted by Crippen LogP contribution is -2.37. The quantitative estimate of drug-likeness (QED) is 0.383. The molecule has 1 N–H and O–H groups in total. The van der Waals surface area contributed by atoms with Gasteiger partial charge < -0.3 is 19.5 Å². The zero-order valence-corrected chi connectivity index (χ0v) is 23.3. The van der Waals surface area contributed by atoms with Crippen LogP contribution in [-0.4, -0.2) is 31.6 Å². The largest absolute Gasteiger partial charge is 0.497 e. The Kier molecular flexibility index (Phi) is 8.39. The number of Topliss-reactive ketones (excluding diaryl/α,β-unsaturated/α-hetero) is 1. The molecule has 1 fully saturated rings. The number of ketones is 1. The molecule has 0 saturated heterocycles. The molecule has 6 nitrogen and oxygen atoms in total. The van der Waals surface area contributed by atoms with E-state index in [9.17, 15) is 9.59 Å². The maximum atomic E-state index is 13.9. The molecule has 2 atom stereocenters. The molecule has 3 aliphatic rings. The molecule has 1 aliphatic heterocycles. The Labute approximate surface area is 231 Å². The Hall–Kier alpha value is -3.54. The Bertz CT molecular complexity index is 1250. The van der Waals surface area contributed by atoms with Gasteiger partial charge in [-0.25, -0.2) is 4.79 Å². The van der Waals surface area contributed by atoms with Crippen molar-refractivity contribution in [3.63, 3.8) is 0 Å². The first kappa shape index (κ1) is 27.0. The molecule has 0 aromatic heterocycles. The first-order valence-electron chi connectivity index (χ1n) is 14.3. The summed E-state index contributed by atoms with van der Waals surface area (Å²) in [5.74, 6) is 0.912. The summed E-state index contributed by atoms with van der Waals surface area (Å²) >= 11 is 0. The molecule has 206 valence electrons. The van der Waals surface area contributed by atoms with Crippen LogP contribution < -0.4 is 14.8 Å². The third kappa shape index (κ3) is 5.90. The molecule has 0 spiro atoms. The molecular weight excluding hydrogens is 490 g/mol. The minimum absolute atomic E-state index is 0.0590. The van der Waals surface area contributed by atoms with Crippen LogP contribution in [0.3, 0.4) is 0 Å². The van der Waals surface area contributed by atoms with E-state index >= 15 is 0 Å². The number of dihydropyridines is 1. The zero-order chi connectivity index (χ0) is 27.4. The van der Waals surface area contributed by atoms with E-state index in [4.69, 9.17) is 14.2 Å². The van der Waals surface area contributed by atoms with E-state index in [0.29, 0.717) is 30.6 Å². The van der Waals surface area contributed by atoms with Crippen LogP contribution in [0.4, 0.5) is 0 Å². The van der Waals surface area contributed by atoms with Gasteiger partial charge in [0.05, 0.1) is 19.3 Å². The van der Waals surface area contributed by atoms with Crippen LogP contribution in [-0.2, 0) is 14.3 Å². The van der Waals surface area contributed by atoms with Gasteiger partial charge in [-0.05, 0) is 86.8 Å². The third-order valence-corrected chi connectivity index (χ3v) is 8.15. The summed E-state index contributed by atoms with van der Waals surface area (Å²) in [5.41, 5.74) is 4.89. The van der Waals surface area contributed by atoms with E-state index < -0.39 is 5.92 Å². The second kappa shape index (κ2) is 12.1. The molecule has 1 heterocycles. The fourth-order valence-corrected chi connectivity index (χ4v) is 6.13. The number of carbonyl (C=O) groups is 2. The molecule has 0 unspecified atom stereocenters. The molecule has 0 amide bonds. The number of rotatable bonds is 8. The first-order valence-corrected chi connectivity index (χ1v) is 14.3. The molecule has 2 aromatic rings. The fourth-order valence-electron chi connectivity index (χ4n) is 6.13. The maximum Gasteiger partial charge on any atom is 0.337 e. The molecule has 39 heavy (non-hydrogen) atoms. The topological polar surface area (TPSA) is 73.9 Å². The SMILES string of the molecule is CCCOc1ccc([C@@H]2C(C(=O)OC3CCCCC3)=C(C)NC3=C2C(=O)C[C@@H](c2ccc(OC)cc2)C3)cc1. The smallest absolute Gasteiger partial charge is 0.337 e. The molecule has 0 bridgehead atoms. The van der Waals surface area contributed by atoms with Gasteiger partial charge in [0.25, 0.3) is 0 Å². The van der Waals surface area contributed by atoms with Crippen LogP contribution in [0.5, 0.6) is 11.5 Å². The highest BCUT2D eigenvalue weighted by molar-refractivity contribution is 6.04. The summed E-state index contributed by atoms with van der Waals surface area (Å²) < 4.78 is 17.2. The van der Waals surface area contributed by atoms with Crippen molar-refractivity contribution in [2.75, 3.05) is 13.7 Å². The number of hydrogen-bond donors (Lipinski definition) is 1. The number of nitrogens with one attached hydrogen (secondary N) is 1. The van der Waals surface area contributed by atoms with E-state index in [1.54, 1.807) is 7.11 Å². The second-order valence-corrected chi connectivity index (χ2v) is 10.9. The number of allylic oxidation sites excluding steroid dienone is 3. The van der Waals surface area contributed by atoms with Gasteiger partial charge in [0.2, 0.25) is 0 Å². The third-order valence-electron chi connectivity index (χ3n) is 8.15. The van der Waals surface area contributed by atoms with Crippen molar-refractivity contribution in [1.82, 2.24) is 5.32 Å². The summed E-state index contributed by atoms with van der Waals surface area (Å²) in [5, 5.41) is 3.47. The number of methoxy groups -OCH3 is 1. The lowest BCUT2D eigenvalue weighted by Gasteiger charge is -2.37. The van der Waals surface area contributed by atoms with Gasteiger partial charge in [-0.15, -0.1) is 0 Å². The molecule has 0 radical (unpaired) electrons. The van der Waals surface area contributed by atoms with Crippen molar-refractivity contribution in [3.05, 3.63) is 82.2 Å². The summed E-state index contributed by atoms with van der Waals surface area (Å²) in [6, 6.07) is 15.8. The minimum atomic E-state index is -0.470. The second-order valence-electron chi connectivity index (χ2n) is 10.9. The standard InChI is InChI=1S/C33H39NO5/c1-4-18-38-26-16-12-23(13-17-26)31-30(33(36)39-27-8-6-5-7-9-27)21(2)34-28-19-24(20-29(35)32(28)31)22-10-14-25(37-3)15-11-22/h10-17,24,27,31,34H,4-9,18-20H2,1-3H3/t24-,31+/m0/s1. The van der Waals surface area contributed by atoms with Crippen LogP contribution >= 0.6 is 0 Å². The van der Waals surface area contributed by atoms with Crippen molar-refractivity contribution in [2.24, 2.45) is 0 Å². The zero-order valence-electron chi connectivity index (χ0n) is 23.3. The number of benzene rings is 2. The summed E-state index contributed by atoms with van der Waals surface area (Å²) in [7, 11) is 1.65. The minimum Gasteiger partial charge on any atom is -0.497 e. The molecular formula is C33H39NO5. The van der Waals surface area contributed by atoms with Crippen LogP contribution in [0, 0.1) is 0 Å². The molecule has 6 heteroatoms. The van der Waals surface area contributed by atoms with Gasteiger partial charge in [0.15, 0.2) is 5.78 Å². The van der Waals surface area contributed by atoms with Crippen LogP contribution in [0.25, 0.3) is 0 Å². The molecule has 1 saturated carbocycles. The Morgan fingerprint density at radius 3 is 2.26 bits per heavy atom. The van der Waals surface area contributed by atoms with Crippen LogP contribution in [0.1, 0.15) is 88.2 Å². The Morgan fingerprint density at radius 1 is 0.923 bits per heavy atom. The molecule has 5 rings (SSSR count). The van der Waals surface area contributed by atoms with Crippen molar-refractivity contribution < 1.29 is 23.8 Å². The van der Waals surface area contributed by atoms with Gasteiger partial charge in [0, 0.05) is 29.3 Å². The highest BCUT2D eigenvalue weighted by Gasteiger charge is 2.42. The number of carbonyl (C=O) groups excluding carboxylic acids is 2. The number of hydrogen-bond acceptors (Lipinski definition) is 6. The lowest BCUT2D eigenvalue weighted by molar-refractivity contribution is -0.146. The van der Waals surface area contributed by atoms with Gasteiger partial charge >= 0.3 is 5.97 Å². The van der Waals surface area contributed by atoms with Gasteiger partial charge in [0.1, 0.15) is 17.6 Å². The van der Waals surface area contributed by atoms with Crippen molar-refractivity contribution in [2.45, 2.75) is 83.2 Å². The lowest BCUT2D eigenvalue weighted by atomic mass is 9.71. The molecule has 2 aromatic carbocycles. The predicted octanol–water partition coefficient (Wildman–Crippen LogP) is 6.72. The Morgan fingerprint density at radius 2 is 1.59 bits per heavy atom. The average molecular weight is 530 g/mol. The summed E-state index contributed by atoms with van der Waals surface area (Å²) in [6.45, 7) is 4.64. The van der Waals surface area contributed by atoms with Gasteiger partial charge in [-0.1, -0.05) is 37.6 Å². The van der Waals surface area contributed by atoms with Crippen LogP contribution in [0.15, 0.2) is 71.1 Å². The number of ether oxygens (including phenoxy) is 3. The average Bonchev–Trinajstić information content (AvgIpc) is 2.96. The fraction of sp³-hybridized carbons (Fsp3) is 0.455. The van der Waals surface area contributed by atoms with Gasteiger partial charge in [-0.3, -0.25) is 4.79 Å². The van der Waals surface area contributed by atoms with E-state index in [-0.39, 0.29) is 23.8 Å². The monoisotopic (exact) mass is 529 g/mol. The molecule has 2 aliphatic carbocycles. The van der Waals surface area contributed by atoms with E-state index in [2.05, 4.69) is 12.2 Å². The van der Waals surface area contributed by atoms with Crippen molar-refractivity contribution >= 4 is 11.8 Å². The van der Waals surface area contributed by atoms with Crippen molar-refractivity contribution in [3.8, 4) is 11.5 Å². The van der Waals surface area contributed by atoms with E-state index in [1.807, 2.05) is 55.5 Å². The van der Waals surface area contributed by atoms with Crippen LogP contribution in [0.2, 0.25) is 0 Å². The van der Waals surface area contributed by atoms with E-state index in [1.165, 1.54) is 6.42 Å². The van der Waals surface area contributed by atoms with Gasteiger partial charge in [-0.2, -0.15) is 0 Å². The highest BCUT2D eigenvalue weighted by Crippen LogP contribution is 2.46. The summed E-state index contributed by atoms with van der Waals surface area (Å²) in [4.78, 5) is 27.6.